The van der Waals surface area contributed by atoms with Crippen LogP contribution in [0, 0.1) is 11.6 Å². The van der Waals surface area contributed by atoms with E-state index in [2.05, 4.69) is 10.0 Å². The van der Waals surface area contributed by atoms with Crippen molar-refractivity contribution in [1.82, 2.24) is 0 Å². The van der Waals surface area contributed by atoms with Crippen LogP contribution in [0.1, 0.15) is 10.4 Å². The fourth-order valence-corrected chi connectivity index (χ4v) is 2.63. The minimum absolute atomic E-state index is 0.0605. The number of carbonyl (C=O) groups excluding carboxylic acids is 1. The summed E-state index contributed by atoms with van der Waals surface area (Å²) < 4.78 is 51.8. The summed E-state index contributed by atoms with van der Waals surface area (Å²) in [7, 11) is -3.65. The maximum Gasteiger partial charge on any atom is 0.260 e. The second-order valence-electron chi connectivity index (χ2n) is 4.61. The van der Waals surface area contributed by atoms with Crippen LogP contribution in [0.15, 0.2) is 36.4 Å². The average Bonchev–Trinajstić information content (AvgIpc) is 2.40. The molecule has 0 unspecified atom stereocenters. The minimum Gasteiger partial charge on any atom is -0.320 e. The van der Waals surface area contributed by atoms with Crippen molar-refractivity contribution in [3.8, 4) is 0 Å². The Kier molecular flexibility index (Phi) is 4.86. The lowest BCUT2D eigenvalue weighted by molar-refractivity contribution is 0.102. The largest absolute Gasteiger partial charge is 0.320 e. The number of anilines is 2. The number of sulfonamides is 1. The molecule has 2 aromatic rings. The summed E-state index contributed by atoms with van der Waals surface area (Å²) in [4.78, 5) is 12.1. The highest BCUT2D eigenvalue weighted by Crippen LogP contribution is 2.26. The van der Waals surface area contributed by atoms with E-state index in [9.17, 15) is 22.0 Å². The first-order chi connectivity index (χ1) is 10.7. The molecular weight excluding hydrogens is 350 g/mol. The molecule has 23 heavy (non-hydrogen) atoms. The van der Waals surface area contributed by atoms with Crippen molar-refractivity contribution in [3.63, 3.8) is 0 Å². The van der Waals surface area contributed by atoms with E-state index in [1.165, 1.54) is 12.1 Å². The van der Waals surface area contributed by atoms with Gasteiger partial charge in [0.05, 0.1) is 28.2 Å². The summed E-state index contributed by atoms with van der Waals surface area (Å²) in [5.74, 6) is -2.50. The predicted octanol–water partition coefficient (Wildman–Crippen LogP) is 3.24. The number of rotatable bonds is 4. The number of hydrogen-bond donors (Lipinski definition) is 2. The maximum absolute atomic E-state index is 13.7. The van der Waals surface area contributed by atoms with Gasteiger partial charge in [0.1, 0.15) is 11.6 Å². The number of nitrogens with one attached hydrogen (secondary N) is 2. The van der Waals surface area contributed by atoms with E-state index in [0.717, 1.165) is 30.5 Å². The van der Waals surface area contributed by atoms with Gasteiger partial charge >= 0.3 is 0 Å². The zero-order chi connectivity index (χ0) is 17.2. The van der Waals surface area contributed by atoms with Crippen molar-refractivity contribution < 1.29 is 22.0 Å². The Morgan fingerprint density at radius 2 is 1.83 bits per heavy atom. The van der Waals surface area contributed by atoms with Crippen molar-refractivity contribution in [2.24, 2.45) is 0 Å². The van der Waals surface area contributed by atoms with Gasteiger partial charge in [0, 0.05) is 0 Å². The van der Waals surface area contributed by atoms with Crippen LogP contribution in [-0.2, 0) is 10.0 Å². The molecule has 0 saturated heterocycles. The molecular formula is C14H11ClF2N2O3S. The number of carbonyl (C=O) groups is 1. The zero-order valence-corrected chi connectivity index (χ0v) is 13.3. The molecule has 2 rings (SSSR count). The first-order valence-electron chi connectivity index (χ1n) is 6.20. The Labute approximate surface area is 136 Å². The summed E-state index contributed by atoms with van der Waals surface area (Å²) in [5, 5.41) is 2.11. The third kappa shape index (κ3) is 4.40. The standard InChI is InChI=1S/C14H11ClF2N2O3S/c1-23(21,22)19-11-6-5-8(16)7-12(11)18-14(20)13-9(15)3-2-4-10(13)17/h2-7,19H,1H3,(H,18,20). The van der Waals surface area contributed by atoms with E-state index in [4.69, 9.17) is 11.6 Å². The van der Waals surface area contributed by atoms with Gasteiger partial charge in [0.2, 0.25) is 10.0 Å². The molecule has 122 valence electrons. The van der Waals surface area contributed by atoms with E-state index >= 15 is 0 Å². The maximum atomic E-state index is 13.7. The molecule has 0 aliphatic heterocycles. The van der Waals surface area contributed by atoms with Gasteiger partial charge in [-0.1, -0.05) is 17.7 Å². The molecule has 0 aliphatic carbocycles. The molecule has 0 atom stereocenters. The number of amides is 1. The summed E-state index contributed by atoms with van der Waals surface area (Å²) in [6.45, 7) is 0. The smallest absolute Gasteiger partial charge is 0.260 e. The third-order valence-electron chi connectivity index (χ3n) is 2.71. The SMILES string of the molecule is CS(=O)(=O)Nc1ccc(F)cc1NC(=O)c1c(F)cccc1Cl. The number of halogens is 3. The van der Waals surface area contributed by atoms with E-state index in [0.29, 0.717) is 0 Å². The molecule has 0 spiro atoms. The average molecular weight is 361 g/mol. The molecule has 0 aliphatic rings. The third-order valence-corrected chi connectivity index (χ3v) is 3.62. The lowest BCUT2D eigenvalue weighted by Crippen LogP contribution is -2.17. The van der Waals surface area contributed by atoms with Gasteiger partial charge in [0.25, 0.3) is 5.91 Å². The molecule has 0 aromatic heterocycles. The lowest BCUT2D eigenvalue weighted by atomic mass is 10.2. The molecule has 0 heterocycles. The molecule has 0 radical (unpaired) electrons. The fourth-order valence-electron chi connectivity index (χ4n) is 1.81. The van der Waals surface area contributed by atoms with Crippen molar-refractivity contribution in [2.75, 3.05) is 16.3 Å². The van der Waals surface area contributed by atoms with Gasteiger partial charge < -0.3 is 5.32 Å². The van der Waals surface area contributed by atoms with E-state index in [-0.39, 0.29) is 16.4 Å². The highest BCUT2D eigenvalue weighted by Gasteiger charge is 2.18. The van der Waals surface area contributed by atoms with Crippen molar-refractivity contribution in [3.05, 3.63) is 58.6 Å². The van der Waals surface area contributed by atoms with Crippen molar-refractivity contribution in [2.45, 2.75) is 0 Å². The lowest BCUT2D eigenvalue weighted by Gasteiger charge is -2.13. The Balaban J connectivity index is 2.39. The van der Waals surface area contributed by atoms with Gasteiger partial charge in [-0.3, -0.25) is 9.52 Å². The van der Waals surface area contributed by atoms with Crippen LogP contribution in [0.4, 0.5) is 20.2 Å². The molecule has 0 saturated carbocycles. The normalized spacial score (nSPS) is 11.1. The van der Waals surface area contributed by atoms with Gasteiger partial charge in [-0.05, 0) is 30.3 Å². The number of benzene rings is 2. The minimum atomic E-state index is -3.65. The summed E-state index contributed by atoms with van der Waals surface area (Å²) in [6.07, 6.45) is 0.899. The van der Waals surface area contributed by atoms with Crippen LogP contribution in [0.5, 0.6) is 0 Å². The van der Waals surface area contributed by atoms with Crippen LogP contribution in [0.2, 0.25) is 5.02 Å². The predicted molar refractivity (Wildman–Crippen MR) is 84.2 cm³/mol. The Hall–Kier alpha value is -2.19. The molecule has 1 amide bonds. The molecule has 0 fully saturated rings. The van der Waals surface area contributed by atoms with Gasteiger partial charge in [-0.25, -0.2) is 17.2 Å². The molecule has 2 N–H and O–H groups in total. The van der Waals surface area contributed by atoms with Crippen molar-refractivity contribution >= 4 is 38.9 Å². The van der Waals surface area contributed by atoms with Crippen LogP contribution >= 0.6 is 11.6 Å². The molecule has 2 aromatic carbocycles. The fraction of sp³-hybridized carbons (Fsp3) is 0.0714. The van der Waals surface area contributed by atoms with Crippen molar-refractivity contribution in [1.29, 1.82) is 0 Å². The molecule has 0 bridgehead atoms. The topological polar surface area (TPSA) is 75.3 Å². The Bertz CT molecular complexity index is 852. The van der Waals surface area contributed by atoms with Gasteiger partial charge in [-0.15, -0.1) is 0 Å². The first-order valence-corrected chi connectivity index (χ1v) is 8.47. The van der Waals surface area contributed by atoms with E-state index < -0.39 is 33.1 Å². The highest BCUT2D eigenvalue weighted by atomic mass is 35.5. The molecule has 5 nitrogen and oxygen atoms in total. The second-order valence-corrected chi connectivity index (χ2v) is 6.77. The summed E-state index contributed by atoms with van der Waals surface area (Å²) in [5.41, 5.74) is -0.654. The first kappa shape index (κ1) is 17.2. The van der Waals surface area contributed by atoms with E-state index in [1.807, 2.05) is 0 Å². The van der Waals surface area contributed by atoms with Gasteiger partial charge in [0.15, 0.2) is 0 Å². The van der Waals surface area contributed by atoms with E-state index in [1.54, 1.807) is 0 Å². The molecule has 9 heteroatoms. The monoisotopic (exact) mass is 360 g/mol. The Morgan fingerprint density at radius 1 is 1.13 bits per heavy atom. The zero-order valence-electron chi connectivity index (χ0n) is 11.7. The van der Waals surface area contributed by atoms with Crippen LogP contribution in [0.3, 0.4) is 0 Å². The quantitative estimate of drug-likeness (QED) is 0.878. The van der Waals surface area contributed by atoms with Crippen LogP contribution in [-0.4, -0.2) is 20.6 Å². The highest BCUT2D eigenvalue weighted by molar-refractivity contribution is 7.92. The van der Waals surface area contributed by atoms with Crippen LogP contribution < -0.4 is 10.0 Å². The number of hydrogen-bond acceptors (Lipinski definition) is 3. The second kappa shape index (κ2) is 6.51. The van der Waals surface area contributed by atoms with Gasteiger partial charge in [-0.2, -0.15) is 0 Å². The summed E-state index contributed by atoms with van der Waals surface area (Å²) in [6, 6.07) is 6.74. The summed E-state index contributed by atoms with van der Waals surface area (Å²) >= 11 is 5.78. The van der Waals surface area contributed by atoms with Crippen LogP contribution in [0.25, 0.3) is 0 Å². The Morgan fingerprint density at radius 3 is 2.43 bits per heavy atom.